The van der Waals surface area contributed by atoms with Crippen LogP contribution in [-0.2, 0) is 20.6 Å². The summed E-state index contributed by atoms with van der Waals surface area (Å²) < 4.78 is 21.4. The molecule has 0 saturated carbocycles. The highest BCUT2D eigenvalue weighted by Gasteiger charge is 2.31. The summed E-state index contributed by atoms with van der Waals surface area (Å²) in [6, 6.07) is -0.578. The summed E-state index contributed by atoms with van der Waals surface area (Å²) in [5.41, 5.74) is -1.17. The molecule has 1 unspecified atom stereocenters. The molecule has 3 N–H and O–H groups in total. The average Bonchev–Trinajstić information content (AvgIpc) is 2.29. The van der Waals surface area contributed by atoms with E-state index in [9.17, 15) is 14.2 Å². The SMILES string of the molecule is CO[C@@H](OC(C)Cn1c(=O)cc[nH]c1=O)P(=O)(O)O. The van der Waals surface area contributed by atoms with E-state index in [1.165, 1.54) is 13.1 Å². The molecule has 1 rings (SSSR count). The van der Waals surface area contributed by atoms with Gasteiger partial charge in [0.15, 0.2) is 0 Å². The number of ether oxygens (including phenoxy) is 2. The largest absolute Gasteiger partial charge is 0.381 e. The number of aromatic amines is 1. The molecule has 0 fully saturated rings. The molecule has 1 aromatic rings. The van der Waals surface area contributed by atoms with Gasteiger partial charge in [0, 0.05) is 19.4 Å². The molecule has 0 saturated heterocycles. The zero-order valence-electron chi connectivity index (χ0n) is 10.3. The fourth-order valence-electron chi connectivity index (χ4n) is 1.40. The second-order valence-corrected chi connectivity index (χ2v) is 5.41. The highest BCUT2D eigenvalue weighted by Crippen LogP contribution is 2.42. The van der Waals surface area contributed by atoms with Gasteiger partial charge in [0.2, 0.25) is 0 Å². The lowest BCUT2D eigenvalue weighted by Crippen LogP contribution is -2.38. The van der Waals surface area contributed by atoms with Crippen LogP contribution in [0.4, 0.5) is 0 Å². The van der Waals surface area contributed by atoms with Crippen LogP contribution < -0.4 is 11.2 Å². The third-order valence-electron chi connectivity index (χ3n) is 2.21. The third kappa shape index (κ3) is 4.41. The lowest BCUT2D eigenvalue weighted by atomic mass is 10.4. The maximum atomic E-state index is 11.4. The van der Waals surface area contributed by atoms with Gasteiger partial charge in [-0.15, -0.1) is 0 Å². The van der Waals surface area contributed by atoms with Crippen LogP contribution in [-0.4, -0.2) is 38.6 Å². The Hall–Kier alpha value is -1.25. The van der Waals surface area contributed by atoms with Crippen LogP contribution in [0.2, 0.25) is 0 Å². The molecule has 1 heterocycles. The number of methoxy groups -OCH3 is 1. The van der Waals surface area contributed by atoms with Gasteiger partial charge in [0.05, 0.1) is 12.6 Å². The fourth-order valence-corrected chi connectivity index (χ4v) is 2.04. The Labute approximate surface area is 108 Å². The summed E-state index contributed by atoms with van der Waals surface area (Å²) in [6.07, 6.45) is 0.402. The minimum Gasteiger partial charge on any atom is -0.346 e. The van der Waals surface area contributed by atoms with E-state index in [2.05, 4.69) is 9.72 Å². The van der Waals surface area contributed by atoms with Gasteiger partial charge >= 0.3 is 13.3 Å². The second-order valence-electron chi connectivity index (χ2n) is 3.81. The Morgan fingerprint density at radius 1 is 1.47 bits per heavy atom. The maximum Gasteiger partial charge on any atom is 0.381 e. The van der Waals surface area contributed by atoms with Crippen molar-refractivity contribution in [1.29, 1.82) is 0 Å². The molecule has 0 bridgehead atoms. The molecule has 1 aromatic heterocycles. The number of rotatable bonds is 6. The summed E-state index contributed by atoms with van der Waals surface area (Å²) in [5, 5.41) is 0. The van der Waals surface area contributed by atoms with E-state index < -0.39 is 31.0 Å². The van der Waals surface area contributed by atoms with E-state index in [0.29, 0.717) is 0 Å². The third-order valence-corrected chi connectivity index (χ3v) is 3.09. The molecule has 0 aliphatic carbocycles. The van der Waals surface area contributed by atoms with E-state index in [1.54, 1.807) is 0 Å². The van der Waals surface area contributed by atoms with E-state index >= 15 is 0 Å². The second kappa shape index (κ2) is 6.27. The topological polar surface area (TPSA) is 131 Å². The van der Waals surface area contributed by atoms with Crippen molar-refractivity contribution in [2.24, 2.45) is 0 Å². The quantitative estimate of drug-likeness (QED) is 0.455. The minimum atomic E-state index is -4.58. The zero-order chi connectivity index (χ0) is 14.6. The van der Waals surface area contributed by atoms with Crippen molar-refractivity contribution < 1.29 is 23.8 Å². The van der Waals surface area contributed by atoms with Crippen LogP contribution in [0, 0.1) is 0 Å². The van der Waals surface area contributed by atoms with Gasteiger partial charge in [-0.25, -0.2) is 4.79 Å². The molecule has 10 heteroatoms. The first-order valence-electron chi connectivity index (χ1n) is 5.27. The van der Waals surface area contributed by atoms with Crippen LogP contribution >= 0.6 is 7.60 Å². The van der Waals surface area contributed by atoms with Crippen LogP contribution in [0.15, 0.2) is 21.9 Å². The standard InChI is InChI=1S/C9H15N2O7P/c1-6(18-9(17-2)19(14,15)16)5-11-7(12)3-4-10-8(11)13/h3-4,6,9H,5H2,1-2H3,(H,10,13)(H2,14,15,16)/t6?,9-/m0/s1. The molecule has 0 aliphatic rings. The number of nitrogens with one attached hydrogen (secondary N) is 1. The number of nitrogens with zero attached hydrogens (tertiary/aromatic N) is 1. The number of hydrogen-bond donors (Lipinski definition) is 3. The molecule has 0 radical (unpaired) electrons. The molecule has 0 amide bonds. The van der Waals surface area contributed by atoms with Gasteiger partial charge in [0.1, 0.15) is 0 Å². The molecular weight excluding hydrogens is 279 g/mol. The number of aromatic nitrogens is 2. The lowest BCUT2D eigenvalue weighted by Gasteiger charge is -2.21. The monoisotopic (exact) mass is 294 g/mol. The highest BCUT2D eigenvalue weighted by atomic mass is 31.2. The Morgan fingerprint density at radius 3 is 2.58 bits per heavy atom. The van der Waals surface area contributed by atoms with Crippen molar-refractivity contribution in [2.45, 2.75) is 25.6 Å². The molecule has 0 aliphatic heterocycles. The van der Waals surface area contributed by atoms with Crippen molar-refractivity contribution in [2.75, 3.05) is 7.11 Å². The van der Waals surface area contributed by atoms with E-state index in [1.807, 2.05) is 0 Å². The first-order valence-corrected chi connectivity index (χ1v) is 6.96. The van der Waals surface area contributed by atoms with Crippen LogP contribution in [0.1, 0.15) is 6.92 Å². The van der Waals surface area contributed by atoms with Gasteiger partial charge in [-0.1, -0.05) is 0 Å². The first kappa shape index (κ1) is 15.8. The van der Waals surface area contributed by atoms with Gasteiger partial charge in [0.25, 0.3) is 11.6 Å². The normalized spacial score (nSPS) is 15.2. The molecule has 9 nitrogen and oxygen atoms in total. The van der Waals surface area contributed by atoms with Crippen LogP contribution in [0.3, 0.4) is 0 Å². The molecule has 0 spiro atoms. The summed E-state index contributed by atoms with van der Waals surface area (Å²) in [4.78, 5) is 43.0. The summed E-state index contributed by atoms with van der Waals surface area (Å²) in [5.74, 6) is 0. The number of hydrogen-bond acceptors (Lipinski definition) is 5. The van der Waals surface area contributed by atoms with Crippen molar-refractivity contribution >= 4 is 7.60 Å². The van der Waals surface area contributed by atoms with E-state index in [-0.39, 0.29) is 6.54 Å². The van der Waals surface area contributed by atoms with E-state index in [0.717, 1.165) is 17.7 Å². The summed E-state index contributed by atoms with van der Waals surface area (Å²) in [7, 11) is -3.49. The van der Waals surface area contributed by atoms with Crippen molar-refractivity contribution in [1.82, 2.24) is 9.55 Å². The van der Waals surface area contributed by atoms with Crippen molar-refractivity contribution in [3.05, 3.63) is 33.1 Å². The predicted molar refractivity (Wildman–Crippen MR) is 64.7 cm³/mol. The zero-order valence-corrected chi connectivity index (χ0v) is 11.2. The molecule has 108 valence electrons. The van der Waals surface area contributed by atoms with E-state index in [4.69, 9.17) is 14.5 Å². The predicted octanol–water partition coefficient (Wildman–Crippen LogP) is -0.951. The maximum absolute atomic E-state index is 11.4. The van der Waals surface area contributed by atoms with Crippen molar-refractivity contribution in [3.63, 3.8) is 0 Å². The van der Waals surface area contributed by atoms with Crippen molar-refractivity contribution in [3.8, 4) is 0 Å². The Bertz CT molecular complexity index is 546. The van der Waals surface area contributed by atoms with Crippen LogP contribution in [0.5, 0.6) is 0 Å². The molecule has 2 atom stereocenters. The van der Waals surface area contributed by atoms with Gasteiger partial charge in [-0.05, 0) is 6.92 Å². The van der Waals surface area contributed by atoms with Crippen LogP contribution in [0.25, 0.3) is 0 Å². The molecular formula is C9H15N2O7P. The summed E-state index contributed by atoms with van der Waals surface area (Å²) >= 11 is 0. The van der Waals surface area contributed by atoms with Gasteiger partial charge in [-0.2, -0.15) is 0 Å². The van der Waals surface area contributed by atoms with Gasteiger partial charge in [-0.3, -0.25) is 13.9 Å². The minimum absolute atomic E-state index is 0.158. The summed E-state index contributed by atoms with van der Waals surface area (Å²) in [6.45, 7) is 1.30. The Morgan fingerprint density at radius 2 is 2.11 bits per heavy atom. The molecule has 19 heavy (non-hydrogen) atoms. The highest BCUT2D eigenvalue weighted by molar-refractivity contribution is 7.52. The molecule has 0 aromatic carbocycles. The van der Waals surface area contributed by atoms with Gasteiger partial charge < -0.3 is 24.2 Å². The smallest absolute Gasteiger partial charge is 0.346 e. The first-order chi connectivity index (χ1) is 8.75. The fraction of sp³-hybridized carbons (Fsp3) is 0.556. The lowest BCUT2D eigenvalue weighted by molar-refractivity contribution is -0.114. The Kier molecular flexibility index (Phi) is 5.21. The number of H-pyrrole nitrogens is 1. The Balaban J connectivity index is 2.81. The average molecular weight is 294 g/mol.